The van der Waals surface area contributed by atoms with Crippen molar-refractivity contribution in [1.82, 2.24) is 0 Å². The maximum absolute atomic E-state index is 12.1. The SMILES string of the molecule is CCC(CC)([N+](=O)[O-])/[N+]([O-])=[N+](\[O-])C(CC)(CC)[N+](=O)[O-]. The molecule has 0 bridgehead atoms. The Labute approximate surface area is 116 Å². The number of hydrogen-bond donors (Lipinski definition) is 0. The van der Waals surface area contributed by atoms with Crippen LogP contribution in [0.15, 0.2) is 0 Å². The van der Waals surface area contributed by atoms with Crippen molar-refractivity contribution in [2.45, 2.75) is 64.7 Å². The maximum atomic E-state index is 12.1. The number of hydroxylamine groups is 2. The summed E-state index contributed by atoms with van der Waals surface area (Å²) >= 11 is 0. The molecule has 0 radical (unpaired) electrons. The maximum Gasteiger partial charge on any atom is 0.471 e. The third-order valence-corrected chi connectivity index (χ3v) is 3.82. The highest BCUT2D eigenvalue weighted by molar-refractivity contribution is 4.63. The summed E-state index contributed by atoms with van der Waals surface area (Å²) in [6.45, 7) is 5.54. The third-order valence-electron chi connectivity index (χ3n) is 3.82. The van der Waals surface area contributed by atoms with E-state index in [2.05, 4.69) is 0 Å². The number of rotatable bonds is 8. The van der Waals surface area contributed by atoms with E-state index in [0.717, 1.165) is 0 Å². The molecule has 0 aromatic heterocycles. The fraction of sp³-hybridized carbons (Fsp3) is 1.00. The zero-order valence-corrected chi connectivity index (χ0v) is 12.1. The van der Waals surface area contributed by atoms with Gasteiger partial charge in [0.15, 0.2) is 0 Å². The van der Waals surface area contributed by atoms with Crippen LogP contribution in [0.4, 0.5) is 0 Å². The van der Waals surface area contributed by atoms with Crippen LogP contribution in [0, 0.1) is 30.6 Å². The van der Waals surface area contributed by atoms with E-state index in [1.165, 1.54) is 27.7 Å². The molecule has 0 saturated carbocycles. The molecule has 20 heavy (non-hydrogen) atoms. The second-order valence-electron chi connectivity index (χ2n) is 4.44. The molecule has 0 aliphatic heterocycles. The Hall–Kier alpha value is -2.00. The van der Waals surface area contributed by atoms with E-state index >= 15 is 0 Å². The molecular weight excluding hydrogens is 272 g/mol. The summed E-state index contributed by atoms with van der Waals surface area (Å²) in [5.74, 6) is 0. The van der Waals surface area contributed by atoms with Crippen molar-refractivity contribution in [1.29, 1.82) is 0 Å². The van der Waals surface area contributed by atoms with Gasteiger partial charge in [-0.3, -0.25) is 20.2 Å². The summed E-state index contributed by atoms with van der Waals surface area (Å²) < 4.78 is 0. The minimum absolute atomic E-state index is 0.236. The van der Waals surface area contributed by atoms with E-state index in [-0.39, 0.29) is 35.4 Å². The van der Waals surface area contributed by atoms with E-state index in [9.17, 15) is 30.6 Å². The Kier molecular flexibility index (Phi) is 5.79. The summed E-state index contributed by atoms with van der Waals surface area (Å²) in [5.41, 5.74) is -4.37. The van der Waals surface area contributed by atoms with Gasteiger partial charge in [0.2, 0.25) is 0 Å². The lowest BCUT2D eigenvalue weighted by Crippen LogP contribution is -2.56. The second kappa shape index (κ2) is 6.44. The normalized spacial score (nSPS) is 13.8. The molecule has 0 rings (SSSR count). The number of nitrogens with zero attached hydrogens (tertiary/aromatic N) is 4. The summed E-state index contributed by atoms with van der Waals surface area (Å²) in [7, 11) is 0. The molecule has 0 aliphatic carbocycles. The van der Waals surface area contributed by atoms with Gasteiger partial charge in [0, 0.05) is 0 Å². The molecule has 0 unspecified atom stereocenters. The highest BCUT2D eigenvalue weighted by Gasteiger charge is 2.61. The fourth-order valence-electron chi connectivity index (χ4n) is 2.04. The van der Waals surface area contributed by atoms with Gasteiger partial charge in [0.1, 0.15) is 19.6 Å². The first-order valence-electron chi connectivity index (χ1n) is 6.43. The second-order valence-corrected chi connectivity index (χ2v) is 4.44. The lowest BCUT2D eigenvalue weighted by molar-refractivity contribution is -1.11. The van der Waals surface area contributed by atoms with E-state index in [1.54, 1.807) is 0 Å². The van der Waals surface area contributed by atoms with Crippen LogP contribution in [0.1, 0.15) is 53.4 Å². The van der Waals surface area contributed by atoms with Gasteiger partial charge in [0.25, 0.3) is 0 Å². The topological polar surface area (TPSA) is 138 Å². The van der Waals surface area contributed by atoms with Gasteiger partial charge in [0.05, 0.1) is 25.7 Å². The molecule has 10 heteroatoms. The van der Waals surface area contributed by atoms with Crippen LogP contribution >= 0.6 is 0 Å². The minimum atomic E-state index is -2.19. The average molecular weight is 292 g/mol. The van der Waals surface area contributed by atoms with Crippen LogP contribution in [-0.4, -0.2) is 30.9 Å². The van der Waals surface area contributed by atoms with Crippen molar-refractivity contribution in [3.05, 3.63) is 30.6 Å². The van der Waals surface area contributed by atoms with Crippen molar-refractivity contribution < 1.29 is 19.6 Å². The van der Waals surface area contributed by atoms with Crippen LogP contribution in [0.3, 0.4) is 0 Å². The molecule has 0 saturated heterocycles. The van der Waals surface area contributed by atoms with Gasteiger partial charge in [-0.15, -0.1) is 0 Å². The molecule has 0 amide bonds. The standard InChI is InChI=1S/C10H20N4O6/c1-5-9(6-2,13(17)18)11(15)12(16)10(7-3,8-4)14(19)20/h5-8H2,1-4H3/b12-11+. The summed E-state index contributed by atoms with van der Waals surface area (Å²) in [6, 6.07) is 0. The van der Waals surface area contributed by atoms with Crippen molar-refractivity contribution >= 4 is 0 Å². The van der Waals surface area contributed by atoms with Crippen LogP contribution in [0.2, 0.25) is 0 Å². The van der Waals surface area contributed by atoms with Gasteiger partial charge in [-0.05, 0) is 0 Å². The molecule has 116 valence electrons. The van der Waals surface area contributed by atoms with Gasteiger partial charge >= 0.3 is 11.3 Å². The van der Waals surface area contributed by atoms with Gasteiger partial charge in [-0.25, -0.2) is 0 Å². The first kappa shape index (κ1) is 18.0. The highest BCUT2D eigenvalue weighted by atomic mass is 16.7. The van der Waals surface area contributed by atoms with Crippen molar-refractivity contribution in [2.24, 2.45) is 0 Å². The summed E-state index contributed by atoms with van der Waals surface area (Å²) in [5, 5.41) is 46.5. The third kappa shape index (κ3) is 2.49. The van der Waals surface area contributed by atoms with Crippen LogP contribution < -0.4 is 0 Å². The highest BCUT2D eigenvalue weighted by Crippen LogP contribution is 2.26. The number of nitro groups is 2. The summed E-state index contributed by atoms with van der Waals surface area (Å²) in [4.78, 5) is 19.8. The predicted octanol–water partition coefficient (Wildman–Crippen LogP) is 2.05. The largest absolute Gasteiger partial charge is 0.561 e. The van der Waals surface area contributed by atoms with Gasteiger partial charge in [-0.2, -0.15) is 0 Å². The zero-order chi connectivity index (χ0) is 16.1. The van der Waals surface area contributed by atoms with E-state index in [1.807, 2.05) is 0 Å². The lowest BCUT2D eigenvalue weighted by atomic mass is 10.0. The molecule has 0 fully saturated rings. The van der Waals surface area contributed by atoms with E-state index in [0.29, 0.717) is 0 Å². The molecule has 10 nitrogen and oxygen atoms in total. The smallest absolute Gasteiger partial charge is 0.471 e. The van der Waals surface area contributed by atoms with E-state index < -0.39 is 21.2 Å². The monoisotopic (exact) mass is 292 g/mol. The van der Waals surface area contributed by atoms with Crippen LogP contribution in [0.5, 0.6) is 0 Å². The molecule has 0 spiro atoms. The lowest BCUT2D eigenvalue weighted by Gasteiger charge is -2.22. The predicted molar refractivity (Wildman–Crippen MR) is 67.9 cm³/mol. The molecule has 0 atom stereocenters. The Morgan fingerprint density at radius 1 is 0.650 bits per heavy atom. The van der Waals surface area contributed by atoms with Gasteiger partial charge in [-0.1, -0.05) is 27.7 Å². The van der Waals surface area contributed by atoms with E-state index in [4.69, 9.17) is 0 Å². The number of azo groups is 1. The molecule has 0 aromatic carbocycles. The Balaban J connectivity index is 6.22. The molecule has 0 heterocycles. The molecule has 0 aromatic rings. The molecule has 0 aliphatic rings. The zero-order valence-electron chi connectivity index (χ0n) is 12.1. The Bertz CT molecular complexity index is 376. The Morgan fingerprint density at radius 3 is 0.950 bits per heavy atom. The molecule has 0 N–H and O–H groups in total. The first-order chi connectivity index (χ1) is 9.19. The molecular formula is C10H20N4O6. The fourth-order valence-corrected chi connectivity index (χ4v) is 2.04. The van der Waals surface area contributed by atoms with Crippen molar-refractivity contribution in [2.75, 3.05) is 0 Å². The van der Waals surface area contributed by atoms with Gasteiger partial charge < -0.3 is 10.4 Å². The quantitative estimate of drug-likeness (QED) is 0.220. The average Bonchev–Trinajstić information content (AvgIpc) is 2.41. The van der Waals surface area contributed by atoms with Crippen LogP contribution in [-0.2, 0) is 0 Å². The number of hydrogen-bond acceptors (Lipinski definition) is 6. The van der Waals surface area contributed by atoms with Crippen molar-refractivity contribution in [3.63, 3.8) is 0 Å². The van der Waals surface area contributed by atoms with Crippen molar-refractivity contribution in [3.8, 4) is 0 Å². The minimum Gasteiger partial charge on any atom is -0.561 e. The summed E-state index contributed by atoms with van der Waals surface area (Å²) in [6.07, 6.45) is -0.945. The Morgan fingerprint density at radius 2 is 0.850 bits per heavy atom. The first-order valence-corrected chi connectivity index (χ1v) is 6.43. The van der Waals surface area contributed by atoms with Crippen LogP contribution in [0.25, 0.3) is 0 Å².